The maximum Gasteiger partial charge on any atom is 0.295 e. The average molecular weight is 442 g/mol. The highest BCUT2D eigenvalue weighted by Gasteiger charge is 2.45. The minimum atomic E-state index is -0.930. The van der Waals surface area contributed by atoms with E-state index in [0.29, 0.717) is 25.2 Å². The molecule has 168 valence electrons. The lowest BCUT2D eigenvalue weighted by Gasteiger charge is -2.29. The fourth-order valence-corrected chi connectivity index (χ4v) is 4.19. The van der Waals surface area contributed by atoms with Gasteiger partial charge in [-0.1, -0.05) is 12.1 Å². The van der Waals surface area contributed by atoms with Crippen LogP contribution in [0.2, 0.25) is 0 Å². The Morgan fingerprint density at radius 3 is 2.41 bits per heavy atom. The van der Waals surface area contributed by atoms with Crippen LogP contribution >= 0.6 is 0 Å². The van der Waals surface area contributed by atoms with Gasteiger partial charge < -0.3 is 14.7 Å². The van der Waals surface area contributed by atoms with Crippen molar-refractivity contribution in [2.45, 2.75) is 12.5 Å². The number of benzene rings is 2. The highest BCUT2D eigenvalue weighted by Crippen LogP contribution is 2.39. The number of likely N-dealkylation sites (tertiary alicyclic amines) is 1. The summed E-state index contributed by atoms with van der Waals surface area (Å²) in [6, 6.07) is 9.69. The molecule has 2 aliphatic heterocycles. The van der Waals surface area contributed by atoms with Gasteiger partial charge in [0.1, 0.15) is 17.4 Å². The van der Waals surface area contributed by atoms with Crippen LogP contribution in [0.3, 0.4) is 0 Å². The van der Waals surface area contributed by atoms with E-state index >= 15 is 0 Å². The van der Waals surface area contributed by atoms with Crippen molar-refractivity contribution in [3.8, 4) is 0 Å². The molecule has 0 radical (unpaired) electrons. The first-order chi connectivity index (χ1) is 15.5. The minimum Gasteiger partial charge on any atom is -0.507 e. The molecule has 2 saturated heterocycles. The second kappa shape index (κ2) is 9.58. The van der Waals surface area contributed by atoms with Crippen molar-refractivity contribution in [2.75, 3.05) is 39.4 Å². The number of ketones is 1. The van der Waals surface area contributed by atoms with E-state index in [-0.39, 0.29) is 17.7 Å². The summed E-state index contributed by atoms with van der Waals surface area (Å²) in [5.41, 5.74) is 0.469. The standard InChI is InChI=1S/C24H24F2N2O4/c25-18-7-5-16(6-8-18)22(29)20-21(17-3-1-4-19(26)15-17)28(24(31)23(20)30)10-2-9-27-11-13-32-14-12-27/h1,3-8,15,21,29H,2,9-14H2/b22-20-. The number of carbonyl (C=O) groups is 2. The van der Waals surface area contributed by atoms with Crippen LogP contribution in [0.4, 0.5) is 8.78 Å². The molecular weight excluding hydrogens is 418 g/mol. The Balaban J connectivity index is 1.67. The van der Waals surface area contributed by atoms with E-state index < -0.39 is 35.1 Å². The van der Waals surface area contributed by atoms with E-state index in [4.69, 9.17) is 4.74 Å². The third-order valence-corrected chi connectivity index (χ3v) is 5.80. The Bertz CT molecular complexity index is 1030. The van der Waals surface area contributed by atoms with E-state index in [1.807, 2.05) is 0 Å². The van der Waals surface area contributed by atoms with Gasteiger partial charge in [0.25, 0.3) is 11.7 Å². The number of ether oxygens (including phenoxy) is 1. The number of morpholine rings is 1. The Morgan fingerprint density at radius 2 is 1.72 bits per heavy atom. The van der Waals surface area contributed by atoms with Crippen molar-refractivity contribution < 1.29 is 28.2 Å². The van der Waals surface area contributed by atoms with Crippen LogP contribution in [0.1, 0.15) is 23.6 Å². The van der Waals surface area contributed by atoms with Crippen LogP contribution in [0.5, 0.6) is 0 Å². The van der Waals surface area contributed by atoms with Crippen molar-refractivity contribution in [2.24, 2.45) is 0 Å². The van der Waals surface area contributed by atoms with Crippen LogP contribution in [0.25, 0.3) is 5.76 Å². The zero-order valence-corrected chi connectivity index (χ0v) is 17.5. The van der Waals surface area contributed by atoms with Gasteiger partial charge in [-0.25, -0.2) is 8.78 Å². The van der Waals surface area contributed by atoms with Gasteiger partial charge in [-0.3, -0.25) is 14.5 Å². The maximum atomic E-state index is 14.0. The van der Waals surface area contributed by atoms with Gasteiger partial charge >= 0.3 is 0 Å². The Hall–Kier alpha value is -3.10. The number of aliphatic hydroxyl groups is 1. The molecule has 8 heteroatoms. The molecule has 2 aromatic carbocycles. The van der Waals surface area contributed by atoms with Gasteiger partial charge in [-0.15, -0.1) is 0 Å². The first kappa shape index (κ1) is 22.1. The van der Waals surface area contributed by atoms with Crippen molar-refractivity contribution in [3.63, 3.8) is 0 Å². The highest BCUT2D eigenvalue weighted by atomic mass is 19.1. The monoisotopic (exact) mass is 442 g/mol. The van der Waals surface area contributed by atoms with E-state index in [1.54, 1.807) is 6.07 Å². The molecule has 0 saturated carbocycles. The second-order valence-electron chi connectivity index (χ2n) is 7.86. The zero-order valence-electron chi connectivity index (χ0n) is 17.5. The Kier molecular flexibility index (Phi) is 6.62. The number of Topliss-reactive ketones (excluding diaryl/α,β-unsaturated/α-hetero) is 1. The van der Waals surface area contributed by atoms with Crippen molar-refractivity contribution in [1.29, 1.82) is 0 Å². The molecule has 32 heavy (non-hydrogen) atoms. The minimum absolute atomic E-state index is 0.126. The van der Waals surface area contributed by atoms with Crippen LogP contribution < -0.4 is 0 Å². The molecule has 0 bridgehead atoms. The molecule has 2 heterocycles. The summed E-state index contributed by atoms with van der Waals surface area (Å²) in [5.74, 6) is -3.00. The number of halogens is 2. The highest BCUT2D eigenvalue weighted by molar-refractivity contribution is 6.46. The Labute approximate surface area is 184 Å². The van der Waals surface area contributed by atoms with E-state index in [2.05, 4.69) is 4.90 Å². The SMILES string of the molecule is O=C1C(=O)N(CCCN2CCOCC2)C(c2cccc(F)c2)/C1=C(/O)c1ccc(F)cc1. The predicted octanol–water partition coefficient (Wildman–Crippen LogP) is 3.11. The molecule has 1 N–H and O–H groups in total. The zero-order chi connectivity index (χ0) is 22.7. The van der Waals surface area contributed by atoms with Gasteiger partial charge in [-0.2, -0.15) is 0 Å². The molecule has 0 aromatic heterocycles. The molecule has 1 amide bonds. The maximum absolute atomic E-state index is 14.0. The Morgan fingerprint density at radius 1 is 1.00 bits per heavy atom. The summed E-state index contributed by atoms with van der Waals surface area (Å²) in [7, 11) is 0. The smallest absolute Gasteiger partial charge is 0.295 e. The third kappa shape index (κ3) is 4.56. The summed E-state index contributed by atoms with van der Waals surface area (Å²) in [5, 5.41) is 10.9. The predicted molar refractivity (Wildman–Crippen MR) is 114 cm³/mol. The van der Waals surface area contributed by atoms with Crippen molar-refractivity contribution >= 4 is 17.4 Å². The summed E-state index contributed by atoms with van der Waals surface area (Å²) in [6.07, 6.45) is 0.607. The number of carbonyl (C=O) groups excluding carboxylic acids is 2. The normalized spacial score (nSPS) is 21.3. The summed E-state index contributed by atoms with van der Waals surface area (Å²) in [4.78, 5) is 29.4. The van der Waals surface area contributed by atoms with Crippen molar-refractivity contribution in [3.05, 3.63) is 76.9 Å². The van der Waals surface area contributed by atoms with Crippen LogP contribution in [-0.2, 0) is 14.3 Å². The number of hydrogen-bond acceptors (Lipinski definition) is 5. The first-order valence-corrected chi connectivity index (χ1v) is 10.6. The van der Waals surface area contributed by atoms with E-state index in [9.17, 15) is 23.5 Å². The topological polar surface area (TPSA) is 70.1 Å². The van der Waals surface area contributed by atoms with Gasteiger partial charge in [0.05, 0.1) is 24.8 Å². The summed E-state index contributed by atoms with van der Waals surface area (Å²) < 4.78 is 32.7. The summed E-state index contributed by atoms with van der Waals surface area (Å²) >= 11 is 0. The number of hydrogen-bond donors (Lipinski definition) is 1. The summed E-state index contributed by atoms with van der Waals surface area (Å²) in [6.45, 7) is 3.91. The fraction of sp³-hybridized carbons (Fsp3) is 0.333. The van der Waals surface area contributed by atoms with Gasteiger partial charge in [-0.05, 0) is 48.4 Å². The van der Waals surface area contributed by atoms with Gasteiger partial charge in [0.2, 0.25) is 0 Å². The third-order valence-electron chi connectivity index (χ3n) is 5.80. The molecule has 2 aromatic rings. The van der Waals surface area contributed by atoms with Crippen LogP contribution in [0.15, 0.2) is 54.1 Å². The van der Waals surface area contributed by atoms with Crippen LogP contribution in [-0.4, -0.2) is 66.0 Å². The molecule has 2 aliphatic rings. The number of amides is 1. The molecular formula is C24H24F2N2O4. The molecule has 4 rings (SSSR count). The fourth-order valence-electron chi connectivity index (χ4n) is 4.19. The number of aliphatic hydroxyl groups excluding tert-OH is 1. The molecule has 6 nitrogen and oxygen atoms in total. The largest absolute Gasteiger partial charge is 0.507 e. The van der Waals surface area contributed by atoms with Crippen molar-refractivity contribution in [1.82, 2.24) is 9.80 Å². The molecule has 0 spiro atoms. The van der Waals surface area contributed by atoms with Gasteiger partial charge in [0, 0.05) is 31.7 Å². The lowest BCUT2D eigenvalue weighted by Crippen LogP contribution is -2.39. The van der Waals surface area contributed by atoms with E-state index in [1.165, 1.54) is 35.2 Å². The molecule has 2 fully saturated rings. The van der Waals surface area contributed by atoms with Crippen LogP contribution in [0, 0.1) is 11.6 Å². The number of nitrogens with zero attached hydrogens (tertiary/aromatic N) is 2. The first-order valence-electron chi connectivity index (χ1n) is 10.6. The average Bonchev–Trinajstić information content (AvgIpc) is 3.05. The lowest BCUT2D eigenvalue weighted by molar-refractivity contribution is -0.140. The molecule has 1 unspecified atom stereocenters. The second-order valence-corrected chi connectivity index (χ2v) is 7.86. The molecule has 1 atom stereocenters. The number of rotatable bonds is 6. The molecule has 0 aliphatic carbocycles. The quantitative estimate of drug-likeness (QED) is 0.423. The van der Waals surface area contributed by atoms with Gasteiger partial charge in [0.15, 0.2) is 0 Å². The lowest BCUT2D eigenvalue weighted by atomic mass is 9.95. The van der Waals surface area contributed by atoms with E-state index in [0.717, 1.165) is 31.8 Å².